The Kier molecular flexibility index (Phi) is 4.38. The molecule has 0 N–H and O–H groups in total. The number of hydrogen-bond acceptors (Lipinski definition) is 4. The van der Waals surface area contributed by atoms with Crippen molar-refractivity contribution in [1.82, 2.24) is 9.97 Å². The van der Waals surface area contributed by atoms with Crippen molar-refractivity contribution in [2.75, 3.05) is 18.0 Å². The summed E-state index contributed by atoms with van der Waals surface area (Å²) in [6.07, 6.45) is -9.77. The number of aromatic nitrogens is 2. The van der Waals surface area contributed by atoms with E-state index < -0.39 is 37.3 Å². The summed E-state index contributed by atoms with van der Waals surface area (Å²) in [4.78, 5) is 8.62. The van der Waals surface area contributed by atoms with Gasteiger partial charge in [0.1, 0.15) is 0 Å². The molecule has 0 saturated carbocycles. The molecule has 1 aliphatic heterocycles. The normalized spacial score (nSPS) is 18.6. The summed E-state index contributed by atoms with van der Waals surface area (Å²) in [5.74, 6) is -0.195. The Balaban J connectivity index is 2.36. The SMILES string of the molecule is CC(C)Oc1nccnc1N1CCC(C(F)(F)F)(C(F)(F)F)C1. The van der Waals surface area contributed by atoms with Crippen LogP contribution in [0.25, 0.3) is 0 Å². The van der Waals surface area contributed by atoms with Crippen LogP contribution in [0.2, 0.25) is 0 Å². The third-order valence-electron chi connectivity index (χ3n) is 3.65. The monoisotopic (exact) mass is 343 g/mol. The van der Waals surface area contributed by atoms with Crippen molar-refractivity contribution in [2.24, 2.45) is 5.41 Å². The van der Waals surface area contributed by atoms with Crippen molar-refractivity contribution < 1.29 is 31.1 Å². The fraction of sp³-hybridized carbons (Fsp3) is 0.692. The van der Waals surface area contributed by atoms with Gasteiger partial charge in [-0.1, -0.05) is 0 Å². The number of halogens is 6. The summed E-state index contributed by atoms with van der Waals surface area (Å²) in [7, 11) is 0. The van der Waals surface area contributed by atoms with Crippen LogP contribution in [0.3, 0.4) is 0 Å². The van der Waals surface area contributed by atoms with Gasteiger partial charge in [0.2, 0.25) is 0 Å². The highest BCUT2D eigenvalue weighted by atomic mass is 19.4. The lowest BCUT2D eigenvalue weighted by molar-refractivity contribution is -0.332. The molecule has 1 aliphatic rings. The van der Waals surface area contributed by atoms with Gasteiger partial charge in [-0.25, -0.2) is 9.97 Å². The maximum absolute atomic E-state index is 13.1. The minimum absolute atomic E-state index is 0.0809. The first-order valence-electron chi connectivity index (χ1n) is 6.84. The Morgan fingerprint density at radius 2 is 1.65 bits per heavy atom. The zero-order valence-electron chi connectivity index (χ0n) is 12.4. The molecule has 10 heteroatoms. The topological polar surface area (TPSA) is 38.3 Å². The van der Waals surface area contributed by atoms with E-state index in [9.17, 15) is 26.3 Å². The van der Waals surface area contributed by atoms with Gasteiger partial charge in [0.05, 0.1) is 6.10 Å². The maximum Gasteiger partial charge on any atom is 0.404 e. The highest BCUT2D eigenvalue weighted by Crippen LogP contribution is 2.56. The Morgan fingerprint density at radius 3 is 2.13 bits per heavy atom. The van der Waals surface area contributed by atoms with Crippen LogP contribution in [0.5, 0.6) is 5.88 Å². The molecule has 1 fully saturated rings. The second-order valence-electron chi connectivity index (χ2n) is 5.60. The number of ether oxygens (including phenoxy) is 1. The number of anilines is 1. The van der Waals surface area contributed by atoms with E-state index in [0.717, 1.165) is 4.90 Å². The molecule has 0 amide bonds. The minimum atomic E-state index is -5.40. The third kappa shape index (κ3) is 3.16. The molecule has 130 valence electrons. The molecule has 23 heavy (non-hydrogen) atoms. The van der Waals surface area contributed by atoms with Gasteiger partial charge >= 0.3 is 12.4 Å². The zero-order valence-corrected chi connectivity index (χ0v) is 12.4. The van der Waals surface area contributed by atoms with Gasteiger partial charge in [-0.2, -0.15) is 26.3 Å². The van der Waals surface area contributed by atoms with Crippen LogP contribution in [-0.2, 0) is 0 Å². The smallest absolute Gasteiger partial charge is 0.404 e. The lowest BCUT2D eigenvalue weighted by Gasteiger charge is -2.33. The van der Waals surface area contributed by atoms with Crippen molar-refractivity contribution in [2.45, 2.75) is 38.7 Å². The van der Waals surface area contributed by atoms with E-state index >= 15 is 0 Å². The van der Waals surface area contributed by atoms with Gasteiger partial charge in [-0.05, 0) is 20.3 Å². The Morgan fingerprint density at radius 1 is 1.09 bits per heavy atom. The number of hydrogen-bond donors (Lipinski definition) is 0. The Labute approximate surface area is 128 Å². The van der Waals surface area contributed by atoms with E-state index in [1.165, 1.54) is 12.4 Å². The van der Waals surface area contributed by atoms with E-state index in [1.807, 2.05) is 0 Å². The van der Waals surface area contributed by atoms with Crippen LogP contribution in [0.15, 0.2) is 12.4 Å². The molecule has 1 saturated heterocycles. The van der Waals surface area contributed by atoms with E-state index in [4.69, 9.17) is 4.74 Å². The molecule has 0 unspecified atom stereocenters. The molecular formula is C13H15F6N3O. The second-order valence-corrected chi connectivity index (χ2v) is 5.60. The molecule has 2 rings (SSSR count). The first-order chi connectivity index (χ1) is 10.5. The first kappa shape index (κ1) is 17.6. The molecule has 0 bridgehead atoms. The van der Waals surface area contributed by atoms with Gasteiger partial charge in [-0.15, -0.1) is 0 Å². The Bertz CT molecular complexity index is 543. The van der Waals surface area contributed by atoms with Crippen molar-refractivity contribution in [3.63, 3.8) is 0 Å². The summed E-state index contributed by atoms with van der Waals surface area (Å²) < 4.78 is 83.9. The average Bonchev–Trinajstić information content (AvgIpc) is 2.84. The lowest BCUT2D eigenvalue weighted by Crippen LogP contribution is -2.51. The summed E-state index contributed by atoms with van der Waals surface area (Å²) >= 11 is 0. The van der Waals surface area contributed by atoms with Crippen LogP contribution in [-0.4, -0.2) is 41.5 Å². The Hall–Kier alpha value is -1.74. The molecule has 4 nitrogen and oxygen atoms in total. The molecule has 1 aromatic heterocycles. The molecule has 2 heterocycles. The van der Waals surface area contributed by atoms with E-state index in [1.54, 1.807) is 13.8 Å². The summed E-state index contributed by atoms with van der Waals surface area (Å²) in [6.45, 7) is 1.63. The van der Waals surface area contributed by atoms with E-state index in [-0.39, 0.29) is 17.8 Å². The second kappa shape index (κ2) is 5.72. The predicted octanol–water partition coefficient (Wildman–Crippen LogP) is 3.58. The average molecular weight is 343 g/mol. The molecule has 1 aromatic rings. The van der Waals surface area contributed by atoms with Crippen LogP contribution in [0, 0.1) is 5.41 Å². The fourth-order valence-electron chi connectivity index (χ4n) is 2.46. The van der Waals surface area contributed by atoms with Gasteiger partial charge < -0.3 is 9.64 Å². The summed E-state index contributed by atoms with van der Waals surface area (Å²) in [5.41, 5.74) is -3.77. The summed E-state index contributed by atoms with van der Waals surface area (Å²) in [5, 5.41) is 0. The molecule has 0 aromatic carbocycles. The largest absolute Gasteiger partial charge is 0.472 e. The van der Waals surface area contributed by atoms with Crippen molar-refractivity contribution in [3.8, 4) is 5.88 Å². The van der Waals surface area contributed by atoms with Gasteiger partial charge in [0.15, 0.2) is 11.2 Å². The zero-order chi connectivity index (χ0) is 17.5. The first-order valence-corrected chi connectivity index (χ1v) is 6.84. The van der Waals surface area contributed by atoms with Crippen molar-refractivity contribution in [1.29, 1.82) is 0 Å². The predicted molar refractivity (Wildman–Crippen MR) is 69.2 cm³/mol. The quantitative estimate of drug-likeness (QED) is 0.787. The van der Waals surface area contributed by atoms with E-state index in [0.29, 0.717) is 0 Å². The molecule has 0 radical (unpaired) electrons. The minimum Gasteiger partial charge on any atom is -0.472 e. The standard InChI is InChI=1S/C13H15F6N3O/c1-8(2)23-10-9(20-4-5-21-10)22-6-3-11(7-22,12(14,15)16)13(17,18)19/h4-5,8H,3,6-7H2,1-2H3. The van der Waals surface area contributed by atoms with Gasteiger partial charge in [-0.3, -0.25) is 0 Å². The van der Waals surface area contributed by atoms with Crippen LogP contribution < -0.4 is 9.64 Å². The van der Waals surface area contributed by atoms with Crippen molar-refractivity contribution >= 4 is 5.82 Å². The highest BCUT2D eigenvalue weighted by Gasteiger charge is 2.72. The molecule has 0 aliphatic carbocycles. The highest BCUT2D eigenvalue weighted by molar-refractivity contribution is 5.49. The maximum atomic E-state index is 13.1. The fourth-order valence-corrected chi connectivity index (χ4v) is 2.46. The van der Waals surface area contributed by atoms with Gasteiger partial charge in [0, 0.05) is 25.5 Å². The van der Waals surface area contributed by atoms with Crippen LogP contribution in [0.4, 0.5) is 32.2 Å². The van der Waals surface area contributed by atoms with E-state index in [2.05, 4.69) is 9.97 Å². The van der Waals surface area contributed by atoms with Gasteiger partial charge in [0.25, 0.3) is 5.88 Å². The van der Waals surface area contributed by atoms with Crippen LogP contribution >= 0.6 is 0 Å². The molecule has 0 spiro atoms. The lowest BCUT2D eigenvalue weighted by atomic mass is 9.85. The number of alkyl halides is 6. The number of nitrogens with zero attached hydrogens (tertiary/aromatic N) is 3. The third-order valence-corrected chi connectivity index (χ3v) is 3.65. The number of rotatable bonds is 3. The van der Waals surface area contributed by atoms with Crippen molar-refractivity contribution in [3.05, 3.63) is 12.4 Å². The summed E-state index contributed by atoms with van der Waals surface area (Å²) in [6, 6.07) is 0. The molecule has 0 atom stereocenters. The molecular weight excluding hydrogens is 328 g/mol. The van der Waals surface area contributed by atoms with Crippen LogP contribution in [0.1, 0.15) is 20.3 Å².